The monoisotopic (exact) mass is 703 g/mol. The van der Waals surface area contributed by atoms with Gasteiger partial charge >= 0.3 is 11.9 Å². The molecule has 0 spiro atoms. The number of nitrogens with one attached hydrogen (secondary N) is 4. The van der Waals surface area contributed by atoms with Gasteiger partial charge in [-0.25, -0.2) is 4.79 Å². The highest BCUT2D eigenvalue weighted by Gasteiger charge is 2.33. The second kappa shape index (κ2) is 17.0. The molecule has 6 N–H and O–H groups in total. The van der Waals surface area contributed by atoms with Crippen molar-refractivity contribution >= 4 is 59.5 Å². The lowest BCUT2D eigenvalue weighted by Crippen LogP contribution is -2.55. The fourth-order valence-electron chi connectivity index (χ4n) is 3.50. The van der Waals surface area contributed by atoms with Gasteiger partial charge in [0.15, 0.2) is 0 Å². The second-order valence-corrected chi connectivity index (χ2v) is 12.0. The predicted molar refractivity (Wildman–Crippen MR) is 169 cm³/mol. The zero-order valence-corrected chi connectivity index (χ0v) is 28.0. The maximum absolute atomic E-state index is 13.2. The lowest BCUT2D eigenvalue weighted by Gasteiger charge is -2.28. The van der Waals surface area contributed by atoms with E-state index in [1.165, 1.54) is 0 Å². The Kier molecular flexibility index (Phi) is 15.7. The molecular formula is C29H46IN5O7. The summed E-state index contributed by atoms with van der Waals surface area (Å²) < 4.78 is 10.7. The van der Waals surface area contributed by atoms with Gasteiger partial charge in [-0.3, -0.25) is 24.6 Å². The van der Waals surface area contributed by atoms with Crippen molar-refractivity contribution in [1.82, 2.24) is 16.0 Å². The lowest BCUT2D eigenvalue weighted by molar-refractivity contribution is -0.160. The molecule has 236 valence electrons. The molecule has 0 aliphatic rings. The van der Waals surface area contributed by atoms with Crippen LogP contribution in [0.15, 0.2) is 24.3 Å². The summed E-state index contributed by atoms with van der Waals surface area (Å²) >= 11 is 0. The lowest BCUT2D eigenvalue weighted by atomic mass is 10.0. The Morgan fingerprint density at radius 1 is 0.881 bits per heavy atom. The first-order valence-corrected chi connectivity index (χ1v) is 13.6. The van der Waals surface area contributed by atoms with E-state index in [-0.39, 0.29) is 61.0 Å². The van der Waals surface area contributed by atoms with Crippen LogP contribution in [-0.4, -0.2) is 65.3 Å². The third-order valence-electron chi connectivity index (χ3n) is 5.39. The molecule has 13 heteroatoms. The van der Waals surface area contributed by atoms with E-state index in [1.807, 2.05) is 0 Å². The number of esters is 2. The first-order valence-electron chi connectivity index (χ1n) is 13.6. The molecule has 0 aromatic heterocycles. The Labute approximate surface area is 265 Å². The number of nitrogens with two attached hydrogens (primary N) is 1. The number of carbonyl (C=O) groups is 5. The highest BCUT2D eigenvalue weighted by Crippen LogP contribution is 2.14. The molecule has 0 fully saturated rings. The number of hydrogen-bond donors (Lipinski definition) is 5. The summed E-state index contributed by atoms with van der Waals surface area (Å²) in [6, 6.07) is 3.91. The number of halogens is 1. The van der Waals surface area contributed by atoms with Crippen molar-refractivity contribution in [3.8, 4) is 0 Å². The molecule has 0 aliphatic heterocycles. The first-order chi connectivity index (χ1) is 18.8. The van der Waals surface area contributed by atoms with E-state index in [2.05, 4.69) is 16.0 Å². The van der Waals surface area contributed by atoms with Gasteiger partial charge in [-0.15, -0.1) is 24.0 Å². The van der Waals surface area contributed by atoms with Crippen molar-refractivity contribution in [2.75, 3.05) is 6.54 Å². The standard InChI is InChI=1S/C29H45N5O7.HI/c1-17(2)23(27(39)41-29(6,7)8)34-26(38)20(16-22(36)40-28(3,4)5)33-21(35)10-9-15-32-25(37)19-13-11-18(12-14-19)24(30)31;/h11-14,17,20,23H,9-10,15-16H2,1-8H3,(H3,30,31)(H,32,37)(H,33,35)(H,34,38);1H/t20-,23-;/m0./s1. The summed E-state index contributed by atoms with van der Waals surface area (Å²) in [4.78, 5) is 63.4. The summed E-state index contributed by atoms with van der Waals surface area (Å²) in [6.45, 7) is 13.8. The molecule has 42 heavy (non-hydrogen) atoms. The van der Waals surface area contributed by atoms with E-state index in [0.29, 0.717) is 11.1 Å². The largest absolute Gasteiger partial charge is 0.460 e. The van der Waals surface area contributed by atoms with Gasteiger partial charge in [-0.1, -0.05) is 26.0 Å². The van der Waals surface area contributed by atoms with Gasteiger partial charge in [0, 0.05) is 24.1 Å². The van der Waals surface area contributed by atoms with Crippen molar-refractivity contribution in [3.05, 3.63) is 35.4 Å². The molecule has 0 aliphatic carbocycles. The highest BCUT2D eigenvalue weighted by atomic mass is 127. The third-order valence-corrected chi connectivity index (χ3v) is 5.39. The summed E-state index contributed by atoms with van der Waals surface area (Å²) in [5, 5.41) is 15.3. The Bertz CT molecular complexity index is 1110. The van der Waals surface area contributed by atoms with Crippen LogP contribution in [0, 0.1) is 11.3 Å². The van der Waals surface area contributed by atoms with Crippen LogP contribution in [0.3, 0.4) is 0 Å². The number of ether oxygens (including phenoxy) is 2. The molecule has 0 bridgehead atoms. The number of amides is 3. The number of benzene rings is 1. The summed E-state index contributed by atoms with van der Waals surface area (Å²) in [7, 11) is 0. The van der Waals surface area contributed by atoms with E-state index in [4.69, 9.17) is 20.6 Å². The van der Waals surface area contributed by atoms with Crippen LogP contribution in [-0.2, 0) is 28.7 Å². The fraction of sp³-hybridized carbons (Fsp3) is 0.586. The minimum absolute atomic E-state index is 0. The molecule has 12 nitrogen and oxygen atoms in total. The van der Waals surface area contributed by atoms with Gasteiger partial charge in [-0.05, 0) is 66.0 Å². The topological polar surface area (TPSA) is 190 Å². The van der Waals surface area contributed by atoms with Crippen molar-refractivity contribution in [2.24, 2.45) is 11.7 Å². The minimum Gasteiger partial charge on any atom is -0.460 e. The Morgan fingerprint density at radius 2 is 1.40 bits per heavy atom. The predicted octanol–water partition coefficient (Wildman–Crippen LogP) is 2.80. The quantitative estimate of drug-likeness (QED) is 0.0682. The van der Waals surface area contributed by atoms with E-state index in [9.17, 15) is 24.0 Å². The smallest absolute Gasteiger partial charge is 0.329 e. The van der Waals surface area contributed by atoms with Gasteiger partial charge in [-0.2, -0.15) is 0 Å². The Morgan fingerprint density at radius 3 is 1.88 bits per heavy atom. The van der Waals surface area contributed by atoms with Crippen LogP contribution < -0.4 is 21.7 Å². The molecule has 1 aromatic rings. The maximum Gasteiger partial charge on any atom is 0.329 e. The summed E-state index contributed by atoms with van der Waals surface area (Å²) in [5.41, 5.74) is 4.71. The number of carbonyl (C=O) groups excluding carboxylic acids is 5. The summed E-state index contributed by atoms with van der Waals surface area (Å²) in [6.07, 6.45) is -0.224. The van der Waals surface area contributed by atoms with Crippen LogP contribution in [0.4, 0.5) is 0 Å². The van der Waals surface area contributed by atoms with E-state index >= 15 is 0 Å². The molecule has 0 unspecified atom stereocenters. The molecule has 0 saturated heterocycles. The van der Waals surface area contributed by atoms with Gasteiger partial charge in [0.05, 0.1) is 6.42 Å². The van der Waals surface area contributed by atoms with Gasteiger partial charge in [0.2, 0.25) is 11.8 Å². The molecular weight excluding hydrogens is 657 g/mol. The van der Waals surface area contributed by atoms with Crippen LogP contribution in [0.2, 0.25) is 0 Å². The molecule has 3 amide bonds. The van der Waals surface area contributed by atoms with Crippen molar-refractivity contribution in [1.29, 1.82) is 5.41 Å². The van der Waals surface area contributed by atoms with Crippen LogP contribution in [0.1, 0.15) is 90.6 Å². The Balaban J connectivity index is 0.0000168. The van der Waals surface area contributed by atoms with E-state index < -0.39 is 53.5 Å². The number of nitrogen functional groups attached to an aromatic ring is 1. The van der Waals surface area contributed by atoms with Crippen LogP contribution in [0.5, 0.6) is 0 Å². The summed E-state index contributed by atoms with van der Waals surface area (Å²) in [5.74, 6) is -3.36. The first kappa shape index (κ1) is 38.8. The average molecular weight is 704 g/mol. The van der Waals surface area contributed by atoms with E-state index in [0.717, 1.165) is 0 Å². The number of amidine groups is 1. The number of hydrogen-bond acceptors (Lipinski definition) is 8. The zero-order chi connectivity index (χ0) is 31.5. The molecule has 1 aromatic carbocycles. The van der Waals surface area contributed by atoms with E-state index in [1.54, 1.807) is 79.7 Å². The van der Waals surface area contributed by atoms with Crippen molar-refractivity contribution < 1.29 is 33.4 Å². The fourth-order valence-corrected chi connectivity index (χ4v) is 3.50. The normalized spacial score (nSPS) is 12.7. The second-order valence-electron chi connectivity index (χ2n) is 12.0. The van der Waals surface area contributed by atoms with Crippen LogP contribution >= 0.6 is 24.0 Å². The maximum atomic E-state index is 13.2. The van der Waals surface area contributed by atoms with Crippen molar-refractivity contribution in [3.63, 3.8) is 0 Å². The average Bonchev–Trinajstić information content (AvgIpc) is 2.81. The van der Waals surface area contributed by atoms with Gasteiger partial charge in [0.25, 0.3) is 5.91 Å². The minimum atomic E-state index is -1.30. The molecule has 0 saturated carbocycles. The molecule has 0 radical (unpaired) electrons. The highest BCUT2D eigenvalue weighted by molar-refractivity contribution is 14.0. The zero-order valence-electron chi connectivity index (χ0n) is 25.7. The van der Waals surface area contributed by atoms with Crippen molar-refractivity contribution in [2.45, 2.75) is 97.9 Å². The molecule has 1 rings (SSSR count). The van der Waals surface area contributed by atoms with Gasteiger partial charge < -0.3 is 31.2 Å². The number of rotatable bonds is 13. The Hall–Kier alpha value is -3.23. The molecule has 0 heterocycles. The van der Waals surface area contributed by atoms with Gasteiger partial charge in [0.1, 0.15) is 29.1 Å². The molecule has 2 atom stereocenters. The van der Waals surface area contributed by atoms with Crippen LogP contribution in [0.25, 0.3) is 0 Å². The SMILES string of the molecule is CC(C)[C@H](NC(=O)[C@H](CC(=O)OC(C)(C)C)NC(=O)CCCNC(=O)c1ccc(C(=N)N)cc1)C(=O)OC(C)(C)C.I. The third kappa shape index (κ3) is 15.1.